The van der Waals surface area contributed by atoms with Crippen molar-refractivity contribution in [2.45, 2.75) is 19.8 Å². The van der Waals surface area contributed by atoms with Gasteiger partial charge in [-0.2, -0.15) is 0 Å². The van der Waals surface area contributed by atoms with Crippen LogP contribution in [0.3, 0.4) is 0 Å². The van der Waals surface area contributed by atoms with E-state index in [2.05, 4.69) is 5.32 Å². The number of amides is 2. The molecule has 0 heterocycles. The van der Waals surface area contributed by atoms with Crippen LogP contribution in [0, 0.1) is 0 Å². The zero-order valence-corrected chi connectivity index (χ0v) is 16.9. The number of nitrogens with one attached hydrogen (secondary N) is 1. The van der Waals surface area contributed by atoms with Gasteiger partial charge in [-0.25, -0.2) is 4.79 Å². The van der Waals surface area contributed by atoms with Crippen molar-refractivity contribution in [1.82, 2.24) is 4.90 Å². The number of carbonyl (C=O) groups is 3. The fraction of sp³-hybridized carbons (Fsp3) is 0.318. The summed E-state index contributed by atoms with van der Waals surface area (Å²) < 4.78 is 9.94. The molecular weight excluding hydrogens is 372 g/mol. The molecule has 0 aliphatic heterocycles. The Hall–Kier alpha value is -3.35. The molecule has 2 rings (SSSR count). The number of hydrogen-bond acceptors (Lipinski definition) is 5. The van der Waals surface area contributed by atoms with Gasteiger partial charge in [0, 0.05) is 26.4 Å². The van der Waals surface area contributed by atoms with Crippen LogP contribution >= 0.6 is 0 Å². The van der Waals surface area contributed by atoms with E-state index in [4.69, 9.17) is 9.47 Å². The van der Waals surface area contributed by atoms with Gasteiger partial charge in [-0.15, -0.1) is 0 Å². The molecule has 0 bridgehead atoms. The van der Waals surface area contributed by atoms with E-state index in [0.717, 1.165) is 11.3 Å². The van der Waals surface area contributed by atoms with Gasteiger partial charge in [0.1, 0.15) is 5.75 Å². The normalized spacial score (nSPS) is 10.2. The lowest BCUT2D eigenvalue weighted by Gasteiger charge is -2.21. The number of para-hydroxylation sites is 1. The number of methoxy groups -OCH3 is 2. The SMILES string of the molecule is COC(=O)c1ccccc1NC(=O)CCN(CCc1cccc(OC)c1)C(C)=O. The molecule has 0 aliphatic carbocycles. The Morgan fingerprint density at radius 1 is 1.00 bits per heavy atom. The van der Waals surface area contributed by atoms with E-state index in [1.165, 1.54) is 14.0 Å². The molecular formula is C22H26N2O5. The first kappa shape index (κ1) is 21.9. The first-order valence-electron chi connectivity index (χ1n) is 9.30. The molecule has 0 unspecified atom stereocenters. The monoisotopic (exact) mass is 398 g/mol. The summed E-state index contributed by atoms with van der Waals surface area (Å²) >= 11 is 0. The van der Waals surface area contributed by atoms with Gasteiger partial charge in [-0.1, -0.05) is 24.3 Å². The number of anilines is 1. The summed E-state index contributed by atoms with van der Waals surface area (Å²) in [5, 5.41) is 2.71. The van der Waals surface area contributed by atoms with Gasteiger partial charge >= 0.3 is 5.97 Å². The second-order valence-corrected chi connectivity index (χ2v) is 6.44. The molecule has 154 valence electrons. The van der Waals surface area contributed by atoms with E-state index in [9.17, 15) is 14.4 Å². The summed E-state index contributed by atoms with van der Waals surface area (Å²) in [6.45, 7) is 2.26. The maximum absolute atomic E-state index is 12.3. The largest absolute Gasteiger partial charge is 0.497 e. The molecule has 2 amide bonds. The summed E-state index contributed by atoms with van der Waals surface area (Å²) in [4.78, 5) is 37.7. The Balaban J connectivity index is 1.92. The highest BCUT2D eigenvalue weighted by Crippen LogP contribution is 2.17. The van der Waals surface area contributed by atoms with Crippen molar-refractivity contribution in [1.29, 1.82) is 0 Å². The average Bonchev–Trinajstić information content (AvgIpc) is 2.73. The average molecular weight is 398 g/mol. The highest BCUT2D eigenvalue weighted by molar-refractivity contribution is 6.01. The van der Waals surface area contributed by atoms with Gasteiger partial charge in [0.05, 0.1) is 25.5 Å². The molecule has 0 radical (unpaired) electrons. The summed E-state index contributed by atoms with van der Waals surface area (Å²) in [6, 6.07) is 14.3. The lowest BCUT2D eigenvalue weighted by atomic mass is 10.1. The number of rotatable bonds is 9. The van der Waals surface area contributed by atoms with Crippen LogP contribution in [0.1, 0.15) is 29.3 Å². The van der Waals surface area contributed by atoms with Crippen molar-refractivity contribution in [2.24, 2.45) is 0 Å². The summed E-state index contributed by atoms with van der Waals surface area (Å²) in [5.41, 5.74) is 1.71. The Labute approximate surface area is 170 Å². The van der Waals surface area contributed by atoms with Crippen LogP contribution in [0.25, 0.3) is 0 Å². The van der Waals surface area contributed by atoms with E-state index in [1.807, 2.05) is 24.3 Å². The molecule has 0 saturated carbocycles. The van der Waals surface area contributed by atoms with Gasteiger partial charge in [0.25, 0.3) is 0 Å². The number of esters is 1. The first-order chi connectivity index (χ1) is 13.9. The van der Waals surface area contributed by atoms with E-state index in [-0.39, 0.29) is 30.3 Å². The number of ether oxygens (including phenoxy) is 2. The molecule has 0 saturated heterocycles. The van der Waals surface area contributed by atoms with Gasteiger partial charge in [0.15, 0.2) is 0 Å². The quantitative estimate of drug-likeness (QED) is 0.657. The van der Waals surface area contributed by atoms with Gasteiger partial charge < -0.3 is 19.7 Å². The minimum atomic E-state index is -0.524. The smallest absolute Gasteiger partial charge is 0.339 e. The van der Waals surface area contributed by atoms with Crippen LogP contribution < -0.4 is 10.1 Å². The van der Waals surface area contributed by atoms with Crippen molar-refractivity contribution in [2.75, 3.05) is 32.6 Å². The fourth-order valence-electron chi connectivity index (χ4n) is 2.85. The van der Waals surface area contributed by atoms with Gasteiger partial charge in [-0.05, 0) is 36.2 Å². The molecule has 7 heteroatoms. The molecule has 7 nitrogen and oxygen atoms in total. The molecule has 0 atom stereocenters. The lowest BCUT2D eigenvalue weighted by Crippen LogP contribution is -2.33. The zero-order chi connectivity index (χ0) is 21.2. The van der Waals surface area contributed by atoms with Crippen LogP contribution in [0.15, 0.2) is 48.5 Å². The lowest BCUT2D eigenvalue weighted by molar-refractivity contribution is -0.129. The summed E-state index contributed by atoms with van der Waals surface area (Å²) in [6.07, 6.45) is 0.775. The third-order valence-electron chi connectivity index (χ3n) is 4.47. The first-order valence-corrected chi connectivity index (χ1v) is 9.30. The van der Waals surface area contributed by atoms with Crippen molar-refractivity contribution in [3.8, 4) is 5.75 Å². The summed E-state index contributed by atoms with van der Waals surface area (Å²) in [7, 11) is 2.89. The maximum atomic E-state index is 12.3. The minimum Gasteiger partial charge on any atom is -0.497 e. The molecule has 1 N–H and O–H groups in total. The number of nitrogens with zero attached hydrogens (tertiary/aromatic N) is 1. The Morgan fingerprint density at radius 2 is 1.76 bits per heavy atom. The van der Waals surface area contributed by atoms with Crippen molar-refractivity contribution < 1.29 is 23.9 Å². The van der Waals surface area contributed by atoms with Crippen molar-refractivity contribution in [3.63, 3.8) is 0 Å². The minimum absolute atomic E-state index is 0.101. The summed E-state index contributed by atoms with van der Waals surface area (Å²) in [5.74, 6) is -0.144. The van der Waals surface area contributed by atoms with Crippen LogP contribution in [0.4, 0.5) is 5.69 Å². The predicted octanol–water partition coefficient (Wildman–Crippen LogP) is 2.90. The van der Waals surface area contributed by atoms with Gasteiger partial charge in [-0.3, -0.25) is 9.59 Å². The molecule has 29 heavy (non-hydrogen) atoms. The predicted molar refractivity (Wildman–Crippen MR) is 110 cm³/mol. The topological polar surface area (TPSA) is 84.9 Å². The third kappa shape index (κ3) is 6.64. The van der Waals surface area contributed by atoms with Crippen LogP contribution in [0.2, 0.25) is 0 Å². The fourth-order valence-corrected chi connectivity index (χ4v) is 2.85. The van der Waals surface area contributed by atoms with E-state index in [1.54, 1.807) is 36.3 Å². The van der Waals surface area contributed by atoms with E-state index >= 15 is 0 Å². The number of benzene rings is 2. The second kappa shape index (κ2) is 10.8. The molecule has 0 fully saturated rings. The van der Waals surface area contributed by atoms with Crippen LogP contribution in [-0.2, 0) is 20.7 Å². The Morgan fingerprint density at radius 3 is 2.45 bits per heavy atom. The van der Waals surface area contributed by atoms with E-state index < -0.39 is 5.97 Å². The molecule has 0 aliphatic rings. The Bertz CT molecular complexity index is 866. The standard InChI is InChI=1S/C22H26N2O5/c1-16(25)24(13-11-17-7-6-8-18(15-17)28-2)14-12-21(26)23-20-10-5-4-9-19(20)22(27)29-3/h4-10,15H,11-14H2,1-3H3,(H,23,26). The molecule has 2 aromatic carbocycles. The van der Waals surface area contributed by atoms with Gasteiger partial charge in [0.2, 0.25) is 11.8 Å². The molecule has 0 aromatic heterocycles. The maximum Gasteiger partial charge on any atom is 0.339 e. The molecule has 2 aromatic rings. The number of hydrogen-bond donors (Lipinski definition) is 1. The van der Waals surface area contributed by atoms with Crippen molar-refractivity contribution in [3.05, 3.63) is 59.7 Å². The third-order valence-corrected chi connectivity index (χ3v) is 4.47. The Kier molecular flexibility index (Phi) is 8.21. The highest BCUT2D eigenvalue weighted by atomic mass is 16.5. The highest BCUT2D eigenvalue weighted by Gasteiger charge is 2.15. The molecule has 0 spiro atoms. The van der Waals surface area contributed by atoms with Crippen molar-refractivity contribution >= 4 is 23.5 Å². The van der Waals surface area contributed by atoms with Crippen LogP contribution in [-0.4, -0.2) is 50.0 Å². The van der Waals surface area contributed by atoms with E-state index in [0.29, 0.717) is 18.7 Å². The second-order valence-electron chi connectivity index (χ2n) is 6.44. The zero-order valence-electron chi connectivity index (χ0n) is 16.9. The van der Waals surface area contributed by atoms with Crippen LogP contribution in [0.5, 0.6) is 5.75 Å². The number of carbonyl (C=O) groups excluding carboxylic acids is 3.